The Morgan fingerprint density at radius 1 is 1.50 bits per heavy atom. The average Bonchev–Trinajstić information content (AvgIpc) is 2.54. The van der Waals surface area contributed by atoms with Gasteiger partial charge in [0.2, 0.25) is 10.0 Å². The molecule has 0 saturated carbocycles. The van der Waals surface area contributed by atoms with E-state index < -0.39 is 10.0 Å². The minimum atomic E-state index is -3.32. The first kappa shape index (κ1) is 11.2. The first-order chi connectivity index (χ1) is 6.58. The molecule has 0 aliphatic rings. The number of nitrogens with two attached hydrogens (primary N) is 1. The van der Waals surface area contributed by atoms with Gasteiger partial charge in [-0.25, -0.2) is 13.6 Å². The molecule has 0 aliphatic carbocycles. The molecule has 80 valence electrons. The van der Waals surface area contributed by atoms with E-state index in [4.69, 9.17) is 9.56 Å². The summed E-state index contributed by atoms with van der Waals surface area (Å²) in [5, 5.41) is 7.92. The SMILES string of the molecule is NS(=O)(=O)CCCNCc1ccoc1. The van der Waals surface area contributed by atoms with E-state index in [0.717, 1.165) is 5.56 Å². The predicted octanol–water partition coefficient (Wildman–Crippen LogP) is 0.0478. The predicted molar refractivity (Wildman–Crippen MR) is 53.0 cm³/mol. The Labute approximate surface area is 83.3 Å². The summed E-state index contributed by atoms with van der Waals surface area (Å²) in [5.41, 5.74) is 1.04. The van der Waals surface area contributed by atoms with Gasteiger partial charge >= 0.3 is 0 Å². The molecule has 0 radical (unpaired) electrons. The van der Waals surface area contributed by atoms with E-state index in [1.54, 1.807) is 12.5 Å². The summed E-state index contributed by atoms with van der Waals surface area (Å²) in [6.07, 6.45) is 3.77. The van der Waals surface area contributed by atoms with Gasteiger partial charge in [0, 0.05) is 12.1 Å². The Kier molecular flexibility index (Phi) is 4.12. The van der Waals surface area contributed by atoms with Crippen LogP contribution < -0.4 is 10.5 Å². The summed E-state index contributed by atoms with van der Waals surface area (Å²) in [6, 6.07) is 1.85. The minimum Gasteiger partial charge on any atom is -0.472 e. The quantitative estimate of drug-likeness (QED) is 0.660. The molecule has 0 fully saturated rings. The fourth-order valence-electron chi connectivity index (χ4n) is 1.02. The monoisotopic (exact) mass is 218 g/mol. The van der Waals surface area contributed by atoms with E-state index in [0.29, 0.717) is 19.5 Å². The Balaban J connectivity index is 2.06. The maximum absolute atomic E-state index is 10.6. The summed E-state index contributed by atoms with van der Waals surface area (Å²) in [5.74, 6) is 0.0192. The highest BCUT2D eigenvalue weighted by atomic mass is 32.2. The molecule has 1 aromatic heterocycles. The molecular weight excluding hydrogens is 204 g/mol. The molecule has 1 heterocycles. The van der Waals surface area contributed by atoms with Crippen LogP contribution in [0.2, 0.25) is 0 Å². The lowest BCUT2D eigenvalue weighted by Gasteiger charge is -2.01. The number of hydrogen-bond donors (Lipinski definition) is 2. The third kappa shape index (κ3) is 5.00. The van der Waals surface area contributed by atoms with Crippen molar-refractivity contribution in [1.82, 2.24) is 5.32 Å². The topological polar surface area (TPSA) is 85.3 Å². The fraction of sp³-hybridized carbons (Fsp3) is 0.500. The zero-order valence-electron chi connectivity index (χ0n) is 7.77. The lowest BCUT2D eigenvalue weighted by Crippen LogP contribution is -2.21. The average molecular weight is 218 g/mol. The van der Waals surface area contributed by atoms with E-state index in [1.165, 1.54) is 0 Å². The van der Waals surface area contributed by atoms with E-state index >= 15 is 0 Å². The Morgan fingerprint density at radius 2 is 2.29 bits per heavy atom. The number of nitrogens with one attached hydrogen (secondary N) is 1. The normalized spacial score (nSPS) is 11.8. The first-order valence-corrected chi connectivity index (χ1v) is 6.02. The second-order valence-electron chi connectivity index (χ2n) is 3.03. The van der Waals surface area contributed by atoms with Gasteiger partial charge < -0.3 is 9.73 Å². The van der Waals surface area contributed by atoms with Crippen molar-refractivity contribution in [3.05, 3.63) is 24.2 Å². The molecule has 0 aliphatic heterocycles. The highest BCUT2D eigenvalue weighted by Crippen LogP contribution is 1.98. The van der Waals surface area contributed by atoms with Gasteiger partial charge in [-0.2, -0.15) is 0 Å². The molecule has 3 N–H and O–H groups in total. The van der Waals surface area contributed by atoms with E-state index in [1.807, 2.05) is 6.07 Å². The van der Waals surface area contributed by atoms with Crippen LogP contribution in [-0.4, -0.2) is 20.7 Å². The molecule has 0 atom stereocenters. The fourth-order valence-corrected chi connectivity index (χ4v) is 1.57. The highest BCUT2D eigenvalue weighted by molar-refractivity contribution is 7.89. The summed E-state index contributed by atoms with van der Waals surface area (Å²) in [4.78, 5) is 0. The van der Waals surface area contributed by atoms with Crippen molar-refractivity contribution in [1.29, 1.82) is 0 Å². The van der Waals surface area contributed by atoms with Crippen LogP contribution in [0, 0.1) is 0 Å². The van der Waals surface area contributed by atoms with Gasteiger partial charge in [-0.05, 0) is 19.0 Å². The summed E-state index contributed by atoms with van der Waals surface area (Å²) >= 11 is 0. The molecule has 0 amide bonds. The molecule has 5 nitrogen and oxygen atoms in total. The molecule has 14 heavy (non-hydrogen) atoms. The van der Waals surface area contributed by atoms with Crippen molar-refractivity contribution >= 4 is 10.0 Å². The van der Waals surface area contributed by atoms with Crippen LogP contribution in [0.1, 0.15) is 12.0 Å². The van der Waals surface area contributed by atoms with Gasteiger partial charge in [-0.3, -0.25) is 0 Å². The lowest BCUT2D eigenvalue weighted by atomic mass is 10.3. The zero-order valence-corrected chi connectivity index (χ0v) is 8.59. The largest absolute Gasteiger partial charge is 0.472 e. The molecule has 0 unspecified atom stereocenters. The van der Waals surface area contributed by atoms with E-state index in [-0.39, 0.29) is 5.75 Å². The van der Waals surface area contributed by atoms with Crippen LogP contribution in [0.5, 0.6) is 0 Å². The minimum absolute atomic E-state index is 0.0192. The lowest BCUT2D eigenvalue weighted by molar-refractivity contribution is 0.559. The van der Waals surface area contributed by atoms with Crippen LogP contribution in [-0.2, 0) is 16.6 Å². The Bertz CT molecular complexity index is 345. The van der Waals surface area contributed by atoms with Crippen LogP contribution in [0.25, 0.3) is 0 Å². The second-order valence-corrected chi connectivity index (χ2v) is 4.76. The molecule has 0 bridgehead atoms. The summed E-state index contributed by atoms with van der Waals surface area (Å²) in [7, 11) is -3.32. The van der Waals surface area contributed by atoms with E-state index in [2.05, 4.69) is 5.32 Å². The van der Waals surface area contributed by atoms with Gasteiger partial charge in [0.25, 0.3) is 0 Å². The number of furan rings is 1. The van der Waals surface area contributed by atoms with Crippen LogP contribution in [0.4, 0.5) is 0 Å². The number of sulfonamides is 1. The van der Waals surface area contributed by atoms with Crippen molar-refractivity contribution in [3.63, 3.8) is 0 Å². The second kappa shape index (κ2) is 5.14. The molecule has 6 heteroatoms. The smallest absolute Gasteiger partial charge is 0.209 e. The molecule has 1 aromatic rings. The van der Waals surface area contributed by atoms with Crippen LogP contribution in [0.15, 0.2) is 23.0 Å². The van der Waals surface area contributed by atoms with Gasteiger partial charge in [0.05, 0.1) is 18.3 Å². The summed E-state index contributed by atoms with van der Waals surface area (Å²) in [6.45, 7) is 1.31. The molecule has 0 spiro atoms. The maximum Gasteiger partial charge on any atom is 0.209 e. The number of rotatable bonds is 6. The number of hydrogen-bond acceptors (Lipinski definition) is 4. The van der Waals surface area contributed by atoms with Crippen molar-refractivity contribution in [3.8, 4) is 0 Å². The van der Waals surface area contributed by atoms with Crippen molar-refractivity contribution in [2.24, 2.45) is 5.14 Å². The maximum atomic E-state index is 10.6. The molecule has 1 rings (SSSR count). The Morgan fingerprint density at radius 3 is 2.86 bits per heavy atom. The zero-order chi connectivity index (χ0) is 10.4. The van der Waals surface area contributed by atoms with Gasteiger partial charge in [-0.15, -0.1) is 0 Å². The van der Waals surface area contributed by atoms with Gasteiger partial charge in [0.1, 0.15) is 0 Å². The van der Waals surface area contributed by atoms with Gasteiger partial charge in [0.15, 0.2) is 0 Å². The molecule has 0 aromatic carbocycles. The number of primary sulfonamides is 1. The Hall–Kier alpha value is -0.850. The molecular formula is C8H14N2O3S. The van der Waals surface area contributed by atoms with Crippen molar-refractivity contribution < 1.29 is 12.8 Å². The van der Waals surface area contributed by atoms with Crippen LogP contribution in [0.3, 0.4) is 0 Å². The summed E-state index contributed by atoms with van der Waals surface area (Å²) < 4.78 is 26.0. The van der Waals surface area contributed by atoms with E-state index in [9.17, 15) is 8.42 Å². The first-order valence-electron chi connectivity index (χ1n) is 4.30. The van der Waals surface area contributed by atoms with Crippen molar-refractivity contribution in [2.75, 3.05) is 12.3 Å². The van der Waals surface area contributed by atoms with Crippen molar-refractivity contribution in [2.45, 2.75) is 13.0 Å². The van der Waals surface area contributed by atoms with Crippen LogP contribution >= 0.6 is 0 Å². The third-order valence-corrected chi connectivity index (χ3v) is 2.55. The third-order valence-electron chi connectivity index (χ3n) is 1.69. The highest BCUT2D eigenvalue weighted by Gasteiger charge is 2.01. The molecule has 0 saturated heterocycles. The van der Waals surface area contributed by atoms with Gasteiger partial charge in [-0.1, -0.05) is 0 Å². The standard InChI is InChI=1S/C8H14N2O3S/c9-14(11,12)5-1-3-10-6-8-2-4-13-7-8/h2,4,7,10H,1,3,5-6H2,(H2,9,11,12).